The molecular formula is C28H33Cl2NO5. The zero-order valence-electron chi connectivity index (χ0n) is 21.8. The third-order valence-corrected chi connectivity index (χ3v) is 9.87. The highest BCUT2D eigenvalue weighted by Crippen LogP contribution is 2.60. The van der Waals surface area contributed by atoms with E-state index in [2.05, 4.69) is 4.90 Å². The fourth-order valence-electron chi connectivity index (χ4n) is 7.31. The van der Waals surface area contributed by atoms with E-state index in [1.54, 1.807) is 21.3 Å². The van der Waals surface area contributed by atoms with Crippen molar-refractivity contribution in [1.29, 1.82) is 0 Å². The van der Waals surface area contributed by atoms with Gasteiger partial charge >= 0.3 is 0 Å². The lowest BCUT2D eigenvalue weighted by Crippen LogP contribution is -2.60. The van der Waals surface area contributed by atoms with Gasteiger partial charge in [0, 0.05) is 39.6 Å². The van der Waals surface area contributed by atoms with Gasteiger partial charge in [0.1, 0.15) is 17.2 Å². The average molecular weight is 534 g/mol. The number of ketones is 1. The Morgan fingerprint density at radius 1 is 0.861 bits per heavy atom. The van der Waals surface area contributed by atoms with Gasteiger partial charge in [0.25, 0.3) is 0 Å². The van der Waals surface area contributed by atoms with Gasteiger partial charge < -0.3 is 19.3 Å². The molecule has 0 aromatic heterocycles. The molecule has 1 unspecified atom stereocenters. The molecule has 2 aromatic rings. The van der Waals surface area contributed by atoms with Gasteiger partial charge in [-0.3, -0.25) is 9.69 Å². The van der Waals surface area contributed by atoms with Crippen molar-refractivity contribution in [2.24, 2.45) is 11.8 Å². The number of benzene rings is 2. The molecule has 1 N–H and O–H groups in total. The van der Waals surface area contributed by atoms with E-state index in [4.69, 9.17) is 37.4 Å². The van der Waals surface area contributed by atoms with E-state index in [1.165, 1.54) is 0 Å². The third-order valence-electron chi connectivity index (χ3n) is 8.98. The van der Waals surface area contributed by atoms with Crippen molar-refractivity contribution in [3.8, 4) is 17.2 Å². The summed E-state index contributed by atoms with van der Waals surface area (Å²) in [5.74, 6) is 1.24. The molecule has 6 nitrogen and oxygen atoms in total. The average Bonchev–Trinajstić information content (AvgIpc) is 2.86. The van der Waals surface area contributed by atoms with Crippen molar-refractivity contribution in [2.75, 3.05) is 35.0 Å². The minimum atomic E-state index is -0.411. The van der Waals surface area contributed by atoms with Crippen molar-refractivity contribution >= 4 is 29.0 Å². The lowest BCUT2D eigenvalue weighted by Gasteiger charge is -2.55. The SMILES string of the molecule is COc1c(C)c(OC)c2c(c1Cl)[C@@H]1[C@@H]3Cc4c(Cl)c(C)c(C)c(OC)c4[C@H](CO)C3C(=O)[C@H](C2)N1C. The van der Waals surface area contributed by atoms with Crippen molar-refractivity contribution in [3.05, 3.63) is 49.0 Å². The van der Waals surface area contributed by atoms with Gasteiger partial charge in [0.2, 0.25) is 0 Å². The van der Waals surface area contributed by atoms with Crippen LogP contribution in [0.1, 0.15) is 50.9 Å². The first-order valence-corrected chi connectivity index (χ1v) is 13.0. The van der Waals surface area contributed by atoms with E-state index in [9.17, 15) is 9.90 Å². The van der Waals surface area contributed by atoms with E-state index < -0.39 is 5.92 Å². The number of hydrogen-bond acceptors (Lipinski definition) is 6. The number of piperidine rings is 1. The summed E-state index contributed by atoms with van der Waals surface area (Å²) in [4.78, 5) is 16.3. The quantitative estimate of drug-likeness (QED) is 0.597. The predicted octanol–water partition coefficient (Wildman–Crippen LogP) is 4.99. The number of aliphatic hydroxyl groups is 1. The lowest BCUT2D eigenvalue weighted by molar-refractivity contribution is -0.142. The molecule has 0 amide bonds. The first kappa shape index (κ1) is 25.7. The Morgan fingerprint density at radius 3 is 2.08 bits per heavy atom. The number of rotatable bonds is 4. The number of halogens is 2. The summed E-state index contributed by atoms with van der Waals surface area (Å²) in [5.41, 5.74) is 6.46. The number of methoxy groups -OCH3 is 3. The van der Waals surface area contributed by atoms with E-state index in [0.29, 0.717) is 28.6 Å². The van der Waals surface area contributed by atoms with Crippen LogP contribution in [0.15, 0.2) is 0 Å². The summed E-state index contributed by atoms with van der Waals surface area (Å²) in [6.07, 6.45) is 1.07. The number of Topliss-reactive ketones (excluding diaryl/α,β-unsaturated/α-hetero) is 1. The maximum Gasteiger partial charge on any atom is 0.154 e. The Hall–Kier alpha value is -1.99. The molecule has 3 aliphatic rings. The Labute approximate surface area is 222 Å². The molecule has 2 aliphatic heterocycles. The van der Waals surface area contributed by atoms with Crippen molar-refractivity contribution < 1.29 is 24.1 Å². The van der Waals surface area contributed by atoms with Crippen LogP contribution in [-0.4, -0.2) is 56.8 Å². The molecule has 0 saturated carbocycles. The minimum absolute atomic E-state index is 0.136. The summed E-state index contributed by atoms with van der Waals surface area (Å²) in [5, 5.41) is 12.0. The number of aliphatic hydroxyl groups excluding tert-OH is 1. The second-order valence-corrected chi connectivity index (χ2v) is 11.1. The molecule has 2 bridgehead atoms. The second kappa shape index (κ2) is 9.09. The van der Waals surface area contributed by atoms with Crippen LogP contribution in [0.25, 0.3) is 0 Å². The lowest BCUT2D eigenvalue weighted by atomic mass is 9.58. The van der Waals surface area contributed by atoms with Gasteiger partial charge in [0.05, 0.1) is 39.0 Å². The summed E-state index contributed by atoms with van der Waals surface area (Å²) >= 11 is 14.0. The summed E-state index contributed by atoms with van der Waals surface area (Å²) in [6, 6.07) is -0.506. The zero-order valence-corrected chi connectivity index (χ0v) is 23.3. The molecule has 2 aromatic carbocycles. The van der Waals surface area contributed by atoms with E-state index >= 15 is 0 Å². The topological polar surface area (TPSA) is 68.2 Å². The van der Waals surface area contributed by atoms with Gasteiger partial charge in [-0.25, -0.2) is 0 Å². The van der Waals surface area contributed by atoms with Crippen molar-refractivity contribution in [2.45, 2.75) is 51.6 Å². The Morgan fingerprint density at radius 2 is 1.50 bits per heavy atom. The molecule has 2 heterocycles. The summed E-state index contributed by atoms with van der Waals surface area (Å²) in [6.45, 7) is 5.72. The highest BCUT2D eigenvalue weighted by molar-refractivity contribution is 6.33. The molecule has 1 saturated heterocycles. The molecular weight excluding hydrogens is 501 g/mol. The predicted molar refractivity (Wildman–Crippen MR) is 140 cm³/mol. The second-order valence-electron chi connectivity index (χ2n) is 10.3. The molecule has 0 spiro atoms. The fourth-order valence-corrected chi connectivity index (χ4v) is 8.08. The summed E-state index contributed by atoms with van der Waals surface area (Å²) < 4.78 is 17.4. The number of likely N-dealkylation sites (N-methyl/N-ethyl adjacent to an activating group) is 1. The molecule has 36 heavy (non-hydrogen) atoms. The van der Waals surface area contributed by atoms with Gasteiger partial charge in [-0.1, -0.05) is 23.2 Å². The monoisotopic (exact) mass is 533 g/mol. The maximum atomic E-state index is 14.2. The molecule has 5 atom stereocenters. The maximum absolute atomic E-state index is 14.2. The van der Waals surface area contributed by atoms with Gasteiger partial charge in [-0.15, -0.1) is 0 Å². The first-order chi connectivity index (χ1) is 17.1. The first-order valence-electron chi connectivity index (χ1n) is 12.3. The van der Waals surface area contributed by atoms with Crippen LogP contribution in [0, 0.1) is 32.6 Å². The van der Waals surface area contributed by atoms with E-state index in [-0.39, 0.29) is 36.3 Å². The van der Waals surface area contributed by atoms with E-state index in [1.807, 2.05) is 27.8 Å². The largest absolute Gasteiger partial charge is 0.496 e. The number of nitrogens with zero attached hydrogens (tertiary/aromatic N) is 1. The van der Waals surface area contributed by atoms with Crippen LogP contribution in [-0.2, 0) is 17.6 Å². The molecule has 0 radical (unpaired) electrons. The molecule has 1 fully saturated rings. The Balaban J connectivity index is 1.80. The van der Waals surface area contributed by atoms with Gasteiger partial charge in [-0.05, 0) is 68.8 Å². The Kier molecular flexibility index (Phi) is 6.47. The van der Waals surface area contributed by atoms with Crippen LogP contribution < -0.4 is 14.2 Å². The van der Waals surface area contributed by atoms with Gasteiger partial charge in [0.15, 0.2) is 5.78 Å². The van der Waals surface area contributed by atoms with E-state index in [0.717, 1.165) is 50.4 Å². The van der Waals surface area contributed by atoms with Crippen LogP contribution in [0.2, 0.25) is 10.0 Å². The zero-order chi connectivity index (χ0) is 26.2. The molecule has 1 aliphatic carbocycles. The fraction of sp³-hybridized carbons (Fsp3) is 0.536. The third kappa shape index (κ3) is 3.20. The van der Waals surface area contributed by atoms with Gasteiger partial charge in [-0.2, -0.15) is 0 Å². The molecule has 194 valence electrons. The van der Waals surface area contributed by atoms with Crippen molar-refractivity contribution in [1.82, 2.24) is 4.90 Å². The molecule has 8 heteroatoms. The van der Waals surface area contributed by atoms with Crippen LogP contribution in [0.4, 0.5) is 0 Å². The van der Waals surface area contributed by atoms with Crippen LogP contribution >= 0.6 is 23.2 Å². The minimum Gasteiger partial charge on any atom is -0.496 e. The molecule has 5 rings (SSSR count). The standard InChI is InChI=1S/C28H33Cl2NO5/c1-11-12(2)27(35-6)20-14(22(11)29)8-15-19(17(20)10-32)25(33)18-9-16-21(24(15)31(18)4)23(30)28(36-7)13(3)26(16)34-5/h15,17-19,24,32H,8-10H2,1-7H3/t15-,17-,18+,19?,24+/m1/s1. The van der Waals surface area contributed by atoms with Crippen LogP contribution in [0.3, 0.4) is 0 Å². The number of carbonyl (C=O) groups excluding carboxylic acids is 1. The van der Waals surface area contributed by atoms with Crippen LogP contribution in [0.5, 0.6) is 17.2 Å². The number of hydrogen-bond donors (Lipinski definition) is 1. The highest BCUT2D eigenvalue weighted by atomic mass is 35.5. The highest BCUT2D eigenvalue weighted by Gasteiger charge is 2.57. The summed E-state index contributed by atoms with van der Waals surface area (Å²) in [7, 11) is 6.88. The number of ether oxygens (including phenoxy) is 3. The van der Waals surface area contributed by atoms with Crippen molar-refractivity contribution in [3.63, 3.8) is 0 Å². The number of carbonyl (C=O) groups is 1. The Bertz CT molecular complexity index is 1280. The number of fused-ring (bicyclic) bond motifs is 7. The smallest absolute Gasteiger partial charge is 0.154 e. The normalized spacial score (nSPS) is 26.7.